The smallest absolute Gasteiger partial charge is 0.319 e. The topological polar surface area (TPSA) is 92.7 Å². The molecule has 1 atom stereocenters. The summed E-state index contributed by atoms with van der Waals surface area (Å²) in [5, 5.41) is 11.7. The number of hydrogen-bond acceptors (Lipinski definition) is 5. The van der Waals surface area contributed by atoms with Crippen LogP contribution in [0.3, 0.4) is 0 Å². The lowest BCUT2D eigenvalue weighted by Crippen LogP contribution is -2.35. The van der Waals surface area contributed by atoms with Gasteiger partial charge < -0.3 is 15.2 Å². The number of hydrogen-bond donors (Lipinski definition) is 2. The number of nitrogens with one attached hydrogen (secondary N) is 1. The van der Waals surface area contributed by atoms with Crippen LogP contribution in [0.15, 0.2) is 23.1 Å². The molecule has 2 N–H and O–H groups in total. The second-order valence-corrected chi connectivity index (χ2v) is 7.08. The summed E-state index contributed by atoms with van der Waals surface area (Å²) in [7, 11) is -3.82. The number of rotatable bonds is 4. The third-order valence-corrected chi connectivity index (χ3v) is 4.74. The normalized spacial score (nSPS) is 18.1. The van der Waals surface area contributed by atoms with Crippen molar-refractivity contribution in [2.24, 2.45) is 5.92 Å². The predicted molar refractivity (Wildman–Crippen MR) is 73.9 cm³/mol. The molecular weight excluding hydrogens is 282 g/mol. The first-order valence-corrected chi connectivity index (χ1v) is 7.94. The summed E-state index contributed by atoms with van der Waals surface area (Å²) in [5.74, 6) is -1.36. The summed E-state index contributed by atoms with van der Waals surface area (Å²) in [6.45, 7) is 4.68. The zero-order valence-corrected chi connectivity index (χ0v) is 12.1. The van der Waals surface area contributed by atoms with E-state index in [-0.39, 0.29) is 11.0 Å². The minimum atomic E-state index is -3.82. The third-order valence-electron chi connectivity index (χ3n) is 3.14. The van der Waals surface area contributed by atoms with Crippen molar-refractivity contribution in [1.82, 2.24) is 0 Å². The number of carboxylic acid groups (broad SMARTS) is 1. The van der Waals surface area contributed by atoms with Crippen LogP contribution in [-0.2, 0) is 14.6 Å². The van der Waals surface area contributed by atoms with Gasteiger partial charge in [0.2, 0.25) is 0 Å². The Hall–Kier alpha value is -1.76. The summed E-state index contributed by atoms with van der Waals surface area (Å²) in [6, 6.07) is 4.36. The molecule has 0 saturated carbocycles. The Morgan fingerprint density at radius 2 is 2.20 bits per heavy atom. The van der Waals surface area contributed by atoms with Crippen LogP contribution in [0, 0.1) is 5.92 Å². The van der Waals surface area contributed by atoms with Crippen molar-refractivity contribution in [2.75, 3.05) is 17.6 Å². The highest BCUT2D eigenvalue weighted by Gasteiger charge is 2.25. The molecule has 1 aliphatic rings. The van der Waals surface area contributed by atoms with E-state index in [1.54, 1.807) is 6.07 Å². The molecule has 0 saturated heterocycles. The Morgan fingerprint density at radius 3 is 2.80 bits per heavy atom. The minimum Gasteiger partial charge on any atom is -0.486 e. The van der Waals surface area contributed by atoms with Crippen molar-refractivity contribution >= 4 is 21.5 Å². The van der Waals surface area contributed by atoms with Crippen molar-refractivity contribution in [2.45, 2.75) is 24.8 Å². The lowest BCUT2D eigenvalue weighted by atomic mass is 10.1. The van der Waals surface area contributed by atoms with Gasteiger partial charge in [-0.05, 0) is 24.1 Å². The Bertz CT molecular complexity index is 624. The van der Waals surface area contributed by atoms with Crippen LogP contribution < -0.4 is 10.1 Å². The van der Waals surface area contributed by atoms with Crippen LogP contribution in [0.2, 0.25) is 0 Å². The van der Waals surface area contributed by atoms with E-state index in [1.807, 2.05) is 13.8 Å². The van der Waals surface area contributed by atoms with Crippen LogP contribution in [0.25, 0.3) is 0 Å². The molecule has 1 aliphatic heterocycles. The summed E-state index contributed by atoms with van der Waals surface area (Å²) in [5.41, 5.74) is 0.577. The Labute approximate surface area is 117 Å². The molecule has 6 nitrogen and oxygen atoms in total. The van der Waals surface area contributed by atoms with Crippen LogP contribution in [0.4, 0.5) is 5.69 Å². The molecule has 20 heavy (non-hydrogen) atoms. The number of carbonyl (C=O) groups is 1. The Balaban J connectivity index is 2.28. The van der Waals surface area contributed by atoms with E-state index in [1.165, 1.54) is 12.1 Å². The first-order valence-electron chi connectivity index (χ1n) is 6.29. The van der Waals surface area contributed by atoms with Crippen LogP contribution in [0.1, 0.15) is 13.8 Å². The molecule has 0 aromatic heterocycles. The average molecular weight is 299 g/mol. The highest BCUT2D eigenvalue weighted by Crippen LogP contribution is 2.33. The van der Waals surface area contributed by atoms with E-state index in [9.17, 15) is 13.2 Å². The molecule has 0 aliphatic carbocycles. The molecule has 0 radical (unpaired) electrons. The van der Waals surface area contributed by atoms with Gasteiger partial charge in [-0.25, -0.2) is 8.42 Å². The summed E-state index contributed by atoms with van der Waals surface area (Å²) in [4.78, 5) is 10.6. The molecule has 2 rings (SSSR count). The second kappa shape index (κ2) is 5.32. The van der Waals surface area contributed by atoms with Gasteiger partial charge in [0.15, 0.2) is 15.6 Å². The largest absolute Gasteiger partial charge is 0.486 e. The molecular formula is C13H17NO5S. The van der Waals surface area contributed by atoms with Crippen molar-refractivity contribution in [3.63, 3.8) is 0 Å². The summed E-state index contributed by atoms with van der Waals surface area (Å²) >= 11 is 0. The average Bonchev–Trinajstić information content (AvgIpc) is 2.35. The van der Waals surface area contributed by atoms with E-state index < -0.39 is 21.6 Å². The molecule has 0 amide bonds. The maximum absolute atomic E-state index is 11.9. The van der Waals surface area contributed by atoms with Gasteiger partial charge in [0.25, 0.3) is 0 Å². The van der Waals surface area contributed by atoms with Gasteiger partial charge in [-0.15, -0.1) is 0 Å². The summed E-state index contributed by atoms with van der Waals surface area (Å²) < 4.78 is 29.5. The first-order chi connectivity index (χ1) is 9.29. The quantitative estimate of drug-likeness (QED) is 0.872. The van der Waals surface area contributed by atoms with Gasteiger partial charge >= 0.3 is 5.97 Å². The number of anilines is 1. The van der Waals surface area contributed by atoms with Gasteiger partial charge in [-0.2, -0.15) is 0 Å². The number of sulfone groups is 1. The molecule has 110 valence electrons. The fourth-order valence-corrected chi connectivity index (χ4v) is 3.04. The third kappa shape index (κ3) is 3.04. The van der Waals surface area contributed by atoms with Crippen molar-refractivity contribution in [3.8, 4) is 5.75 Å². The molecule has 1 heterocycles. The molecule has 0 spiro atoms. The van der Waals surface area contributed by atoms with Gasteiger partial charge in [-0.3, -0.25) is 4.79 Å². The fraction of sp³-hybridized carbons (Fsp3) is 0.462. The lowest BCUT2D eigenvalue weighted by Gasteiger charge is -2.30. The molecule has 0 bridgehead atoms. The highest BCUT2D eigenvalue weighted by atomic mass is 32.2. The van der Waals surface area contributed by atoms with Crippen LogP contribution >= 0.6 is 0 Å². The van der Waals surface area contributed by atoms with Crippen LogP contribution in [0.5, 0.6) is 5.75 Å². The van der Waals surface area contributed by atoms with Crippen molar-refractivity contribution in [1.29, 1.82) is 0 Å². The van der Waals surface area contributed by atoms with E-state index >= 15 is 0 Å². The molecule has 1 aromatic carbocycles. The Morgan fingerprint density at radius 1 is 1.50 bits per heavy atom. The number of benzene rings is 1. The molecule has 7 heteroatoms. The number of aliphatic carboxylic acids is 1. The SMILES string of the molecule is CC(C)C1CNc2cc(S(=O)(=O)CC(=O)O)ccc2O1. The molecule has 1 unspecified atom stereocenters. The predicted octanol–water partition coefficient (Wildman–Crippen LogP) is 1.37. The van der Waals surface area contributed by atoms with E-state index in [0.717, 1.165) is 0 Å². The zero-order chi connectivity index (χ0) is 14.9. The Kier molecular flexibility index (Phi) is 3.89. The van der Waals surface area contributed by atoms with Gasteiger partial charge in [0, 0.05) is 0 Å². The number of ether oxygens (including phenoxy) is 1. The van der Waals surface area contributed by atoms with Gasteiger partial charge in [0.05, 0.1) is 17.1 Å². The maximum atomic E-state index is 11.9. The zero-order valence-electron chi connectivity index (χ0n) is 11.3. The number of fused-ring (bicyclic) bond motifs is 1. The van der Waals surface area contributed by atoms with Gasteiger partial charge in [0.1, 0.15) is 11.9 Å². The first kappa shape index (κ1) is 14.6. The minimum absolute atomic E-state index is 0.0160. The second-order valence-electron chi connectivity index (χ2n) is 5.09. The standard InChI is InChI=1S/C13H17NO5S/c1-8(2)12-6-14-10-5-9(3-4-11(10)19-12)20(17,18)7-13(15)16/h3-5,8,12,14H,6-7H2,1-2H3,(H,15,16). The maximum Gasteiger partial charge on any atom is 0.319 e. The van der Waals surface area contributed by atoms with E-state index in [4.69, 9.17) is 9.84 Å². The van der Waals surface area contributed by atoms with Crippen molar-refractivity contribution in [3.05, 3.63) is 18.2 Å². The van der Waals surface area contributed by atoms with E-state index in [2.05, 4.69) is 5.32 Å². The summed E-state index contributed by atoms with van der Waals surface area (Å²) in [6.07, 6.45) is 0.0315. The molecule has 0 fully saturated rings. The number of carboxylic acids is 1. The van der Waals surface area contributed by atoms with Gasteiger partial charge in [-0.1, -0.05) is 13.8 Å². The lowest BCUT2D eigenvalue weighted by molar-refractivity contribution is -0.134. The van der Waals surface area contributed by atoms with Crippen LogP contribution in [-0.4, -0.2) is 37.9 Å². The van der Waals surface area contributed by atoms with E-state index in [0.29, 0.717) is 23.9 Å². The van der Waals surface area contributed by atoms with Crippen molar-refractivity contribution < 1.29 is 23.1 Å². The monoisotopic (exact) mass is 299 g/mol. The highest BCUT2D eigenvalue weighted by molar-refractivity contribution is 7.92. The fourth-order valence-electron chi connectivity index (χ4n) is 1.98. The molecule has 1 aromatic rings.